The molecule has 0 spiro atoms. The van der Waals surface area contributed by atoms with Gasteiger partial charge in [0, 0.05) is 0 Å². The molecule has 20 heavy (non-hydrogen) atoms. The molecule has 1 aromatic carbocycles. The van der Waals surface area contributed by atoms with Crippen molar-refractivity contribution >= 4 is 6.09 Å². The lowest BCUT2D eigenvalue weighted by molar-refractivity contribution is 0.0501. The van der Waals surface area contributed by atoms with Crippen molar-refractivity contribution < 1.29 is 14.6 Å². The maximum Gasteiger partial charge on any atom is 0.408 e. The number of alkyl carbamates (subject to hydrolysis) is 1. The summed E-state index contributed by atoms with van der Waals surface area (Å²) < 4.78 is 5.32. The van der Waals surface area contributed by atoms with Crippen molar-refractivity contribution in [2.24, 2.45) is 0 Å². The van der Waals surface area contributed by atoms with Crippen LogP contribution in [0.15, 0.2) is 18.2 Å². The molecule has 4 heteroatoms. The smallest absolute Gasteiger partial charge is 0.408 e. The predicted octanol–water partition coefficient (Wildman–Crippen LogP) is 3.68. The van der Waals surface area contributed by atoms with Gasteiger partial charge in [0.25, 0.3) is 0 Å². The topological polar surface area (TPSA) is 58.6 Å². The maximum absolute atomic E-state index is 11.9. The number of amides is 1. The molecule has 4 nitrogen and oxygen atoms in total. The number of hydrogen-bond acceptors (Lipinski definition) is 3. The molecular weight excluding hydrogens is 254 g/mol. The normalized spacial score (nSPS) is 18.9. The Morgan fingerprint density at radius 1 is 1.35 bits per heavy atom. The number of aryl methyl sites for hydroxylation is 1. The van der Waals surface area contributed by atoms with Gasteiger partial charge in [-0.1, -0.05) is 12.5 Å². The van der Waals surface area contributed by atoms with E-state index in [2.05, 4.69) is 5.32 Å². The molecule has 0 aliphatic heterocycles. The van der Waals surface area contributed by atoms with E-state index in [4.69, 9.17) is 4.74 Å². The fourth-order valence-electron chi connectivity index (χ4n) is 2.57. The van der Waals surface area contributed by atoms with Gasteiger partial charge in [-0.2, -0.15) is 0 Å². The van der Waals surface area contributed by atoms with Crippen LogP contribution in [0.1, 0.15) is 57.2 Å². The highest BCUT2D eigenvalue weighted by atomic mass is 16.6. The SMILES string of the molecule is CC(C)(C)OC(=O)NC1CCCCc2cc(O)ccc21. The number of aromatic hydroxyl groups is 1. The second-order valence-corrected chi connectivity index (χ2v) is 6.33. The lowest BCUT2D eigenvalue weighted by Gasteiger charge is -2.24. The van der Waals surface area contributed by atoms with Crippen LogP contribution >= 0.6 is 0 Å². The van der Waals surface area contributed by atoms with Gasteiger partial charge in [0.2, 0.25) is 0 Å². The zero-order valence-corrected chi connectivity index (χ0v) is 12.4. The predicted molar refractivity (Wildman–Crippen MR) is 77.8 cm³/mol. The number of phenols is 1. The number of ether oxygens (including phenoxy) is 1. The van der Waals surface area contributed by atoms with Crippen molar-refractivity contribution in [2.75, 3.05) is 0 Å². The molecule has 1 atom stereocenters. The fraction of sp³-hybridized carbons (Fsp3) is 0.562. The molecule has 1 aliphatic rings. The molecular formula is C16H23NO3. The number of nitrogens with one attached hydrogen (secondary N) is 1. The summed E-state index contributed by atoms with van der Waals surface area (Å²) in [4.78, 5) is 11.9. The van der Waals surface area contributed by atoms with Gasteiger partial charge in [-0.15, -0.1) is 0 Å². The molecule has 0 saturated heterocycles. The highest BCUT2D eigenvalue weighted by Crippen LogP contribution is 2.31. The van der Waals surface area contributed by atoms with Crippen molar-refractivity contribution in [3.63, 3.8) is 0 Å². The highest BCUT2D eigenvalue weighted by molar-refractivity contribution is 5.68. The van der Waals surface area contributed by atoms with Gasteiger partial charge >= 0.3 is 6.09 Å². The summed E-state index contributed by atoms with van der Waals surface area (Å²) in [7, 11) is 0. The summed E-state index contributed by atoms with van der Waals surface area (Å²) in [5, 5.41) is 12.5. The summed E-state index contributed by atoms with van der Waals surface area (Å²) in [6, 6.07) is 5.33. The molecule has 0 aromatic heterocycles. The number of fused-ring (bicyclic) bond motifs is 1. The minimum atomic E-state index is -0.493. The summed E-state index contributed by atoms with van der Waals surface area (Å²) in [5.41, 5.74) is 1.71. The molecule has 1 aromatic rings. The Morgan fingerprint density at radius 3 is 2.80 bits per heavy atom. The molecule has 0 radical (unpaired) electrons. The Kier molecular flexibility index (Phi) is 4.21. The molecule has 0 heterocycles. The standard InChI is InChI=1S/C16H23NO3/c1-16(2,3)20-15(19)17-14-7-5-4-6-11-10-12(18)8-9-13(11)14/h8-10,14,18H,4-7H2,1-3H3,(H,17,19). The minimum absolute atomic E-state index is 0.0389. The third kappa shape index (κ3) is 3.89. The van der Waals surface area contributed by atoms with Crippen LogP contribution in [-0.4, -0.2) is 16.8 Å². The minimum Gasteiger partial charge on any atom is -0.508 e. The van der Waals surface area contributed by atoms with Crippen molar-refractivity contribution in [1.82, 2.24) is 5.32 Å². The van der Waals surface area contributed by atoms with E-state index in [1.165, 1.54) is 0 Å². The van der Waals surface area contributed by atoms with E-state index >= 15 is 0 Å². The first-order valence-electron chi connectivity index (χ1n) is 7.16. The van der Waals surface area contributed by atoms with Gasteiger partial charge in [-0.05, 0) is 63.3 Å². The third-order valence-electron chi connectivity index (χ3n) is 3.38. The Bertz CT molecular complexity index is 491. The Hall–Kier alpha value is -1.71. The van der Waals surface area contributed by atoms with E-state index in [9.17, 15) is 9.90 Å². The highest BCUT2D eigenvalue weighted by Gasteiger charge is 2.23. The van der Waals surface area contributed by atoms with Crippen LogP contribution < -0.4 is 5.32 Å². The summed E-state index contributed by atoms with van der Waals surface area (Å²) >= 11 is 0. The van der Waals surface area contributed by atoms with E-state index in [1.807, 2.05) is 26.8 Å². The summed E-state index contributed by atoms with van der Waals surface area (Å²) in [6.45, 7) is 5.56. The van der Waals surface area contributed by atoms with Gasteiger partial charge in [-0.25, -0.2) is 4.79 Å². The molecule has 2 N–H and O–H groups in total. The van der Waals surface area contributed by atoms with Gasteiger partial charge in [0.05, 0.1) is 6.04 Å². The van der Waals surface area contributed by atoms with Crippen LogP contribution in [0.5, 0.6) is 5.75 Å². The zero-order chi connectivity index (χ0) is 14.8. The second-order valence-electron chi connectivity index (χ2n) is 6.33. The van der Waals surface area contributed by atoms with Crippen LogP contribution in [0.3, 0.4) is 0 Å². The third-order valence-corrected chi connectivity index (χ3v) is 3.38. The van der Waals surface area contributed by atoms with Crippen molar-refractivity contribution in [2.45, 2.75) is 58.1 Å². The zero-order valence-electron chi connectivity index (χ0n) is 12.4. The van der Waals surface area contributed by atoms with Gasteiger partial charge in [0.1, 0.15) is 11.4 Å². The first kappa shape index (κ1) is 14.7. The number of benzene rings is 1. The van der Waals surface area contributed by atoms with Crippen molar-refractivity contribution in [3.05, 3.63) is 29.3 Å². The first-order chi connectivity index (χ1) is 9.35. The monoisotopic (exact) mass is 277 g/mol. The molecule has 1 aliphatic carbocycles. The number of carbonyl (C=O) groups excluding carboxylic acids is 1. The lowest BCUT2D eigenvalue weighted by atomic mass is 9.99. The lowest BCUT2D eigenvalue weighted by Crippen LogP contribution is -2.35. The number of phenolic OH excluding ortho intramolecular Hbond substituents is 1. The molecule has 0 bridgehead atoms. The molecule has 110 valence electrons. The molecule has 0 fully saturated rings. The Balaban J connectivity index is 2.14. The summed E-state index contributed by atoms with van der Waals surface area (Å²) in [5.74, 6) is 0.279. The van der Waals surface area contributed by atoms with Crippen LogP contribution in [0, 0.1) is 0 Å². The van der Waals surface area contributed by atoms with E-state index in [0.717, 1.165) is 36.8 Å². The van der Waals surface area contributed by atoms with Crippen LogP contribution in [0.25, 0.3) is 0 Å². The van der Waals surface area contributed by atoms with Crippen molar-refractivity contribution in [3.8, 4) is 5.75 Å². The van der Waals surface area contributed by atoms with E-state index in [-0.39, 0.29) is 17.9 Å². The number of rotatable bonds is 1. The summed E-state index contributed by atoms with van der Waals surface area (Å²) in [6.07, 6.45) is 3.58. The molecule has 2 rings (SSSR count). The molecule has 1 unspecified atom stereocenters. The number of hydrogen-bond donors (Lipinski definition) is 2. The van der Waals surface area contributed by atoms with Crippen molar-refractivity contribution in [1.29, 1.82) is 0 Å². The second kappa shape index (κ2) is 5.73. The van der Waals surface area contributed by atoms with Crippen LogP contribution in [0.4, 0.5) is 4.79 Å². The average molecular weight is 277 g/mol. The quantitative estimate of drug-likeness (QED) is 0.770. The first-order valence-corrected chi connectivity index (χ1v) is 7.16. The van der Waals surface area contributed by atoms with E-state index in [1.54, 1.807) is 12.1 Å². The van der Waals surface area contributed by atoms with Crippen LogP contribution in [-0.2, 0) is 11.2 Å². The number of carbonyl (C=O) groups is 1. The van der Waals surface area contributed by atoms with E-state index < -0.39 is 5.60 Å². The van der Waals surface area contributed by atoms with Gasteiger partial charge in [-0.3, -0.25) is 0 Å². The largest absolute Gasteiger partial charge is 0.508 e. The maximum atomic E-state index is 11.9. The molecule has 1 amide bonds. The van der Waals surface area contributed by atoms with E-state index in [0.29, 0.717) is 0 Å². The van der Waals surface area contributed by atoms with Crippen LogP contribution in [0.2, 0.25) is 0 Å². The Morgan fingerprint density at radius 2 is 2.10 bits per heavy atom. The van der Waals surface area contributed by atoms with Gasteiger partial charge < -0.3 is 15.2 Å². The fourth-order valence-corrected chi connectivity index (χ4v) is 2.57. The average Bonchev–Trinajstić information content (AvgIpc) is 2.49. The molecule has 0 saturated carbocycles. The Labute approximate surface area is 120 Å². The van der Waals surface area contributed by atoms with Gasteiger partial charge in [0.15, 0.2) is 0 Å².